The largest absolute Gasteiger partial charge is 1.00 e. The average Bonchev–Trinajstić information content (AvgIpc) is 2.19. The molecule has 1 heterocycles. The number of fused-ring (bicyclic) bond motifs is 1. The topological polar surface area (TPSA) is 3.01 Å². The van der Waals surface area contributed by atoms with Crippen molar-refractivity contribution in [3.63, 3.8) is 0 Å². The summed E-state index contributed by atoms with van der Waals surface area (Å²) >= 11 is 0. The molecule has 0 unspecified atom stereocenters. The van der Waals surface area contributed by atoms with Gasteiger partial charge >= 0.3 is 0 Å². The molecule has 1 aromatic carbocycles. The fraction of sp³-hybridized carbons (Fsp3) is 0.417. The maximum absolute atomic E-state index is 2.45. The van der Waals surface area contributed by atoms with E-state index < -0.39 is 0 Å². The molecule has 0 radical (unpaired) electrons. The molecule has 0 amide bonds. The fourth-order valence-corrected chi connectivity index (χ4v) is 2.08. The predicted octanol–water partition coefficient (Wildman–Crippen LogP) is -0.912. The Morgan fingerprint density at radius 3 is 2.71 bits per heavy atom. The summed E-state index contributed by atoms with van der Waals surface area (Å²) in [5.41, 5.74) is 4.38. The summed E-state index contributed by atoms with van der Waals surface area (Å²) in [6.07, 6.45) is 1.20. The molecular weight excluding hydrogens is 285 g/mol. The molecule has 0 atom stereocenters. The van der Waals surface area contributed by atoms with Gasteiger partial charge in [-0.25, -0.2) is 4.58 Å². The monoisotopic (exact) mass is 301 g/mol. The van der Waals surface area contributed by atoms with Crippen molar-refractivity contribution >= 4 is 5.71 Å². The zero-order chi connectivity index (χ0) is 9.26. The maximum Gasteiger partial charge on any atom is 0.180 e. The molecule has 0 saturated carbocycles. The van der Waals surface area contributed by atoms with E-state index in [9.17, 15) is 0 Å². The second-order valence-corrected chi connectivity index (χ2v) is 3.57. The molecule has 0 N–H and O–H groups in total. The highest BCUT2D eigenvalue weighted by molar-refractivity contribution is 5.96. The van der Waals surface area contributed by atoms with Gasteiger partial charge in [-0.3, -0.25) is 0 Å². The van der Waals surface area contributed by atoms with Crippen LogP contribution < -0.4 is 24.0 Å². The Morgan fingerprint density at radius 2 is 2.00 bits per heavy atom. The first-order valence-electron chi connectivity index (χ1n) is 4.99. The molecule has 0 spiro atoms. The summed E-state index contributed by atoms with van der Waals surface area (Å²) in [7, 11) is 0. The van der Waals surface area contributed by atoms with Gasteiger partial charge in [0.25, 0.3) is 0 Å². The van der Waals surface area contributed by atoms with Gasteiger partial charge in [0.15, 0.2) is 5.71 Å². The van der Waals surface area contributed by atoms with E-state index in [0.717, 1.165) is 6.54 Å². The molecule has 76 valence electrons. The predicted molar refractivity (Wildman–Crippen MR) is 55.6 cm³/mol. The number of nitrogens with zero attached hydrogens (tertiary/aromatic N) is 1. The van der Waals surface area contributed by atoms with E-state index in [1.54, 1.807) is 0 Å². The Morgan fingerprint density at radius 1 is 1.29 bits per heavy atom. The van der Waals surface area contributed by atoms with Gasteiger partial charge in [0.2, 0.25) is 0 Å². The van der Waals surface area contributed by atoms with Crippen LogP contribution in [0, 0.1) is 0 Å². The van der Waals surface area contributed by atoms with Gasteiger partial charge in [-0.2, -0.15) is 0 Å². The molecule has 0 saturated heterocycles. The van der Waals surface area contributed by atoms with Gasteiger partial charge < -0.3 is 24.0 Å². The first-order chi connectivity index (χ1) is 6.33. The van der Waals surface area contributed by atoms with Crippen LogP contribution in [0.15, 0.2) is 24.3 Å². The van der Waals surface area contributed by atoms with E-state index in [2.05, 4.69) is 42.7 Å². The summed E-state index contributed by atoms with van der Waals surface area (Å²) < 4.78 is 2.45. The molecule has 0 fully saturated rings. The standard InChI is InChI=1S/C12H16N.HI/c1-3-13-9-8-11-6-4-5-7-12(11)10(13)2;/h4-7H,3,8-9H2,1-2H3;1H/q+1;/p-1. The molecule has 2 rings (SSSR count). The Hall–Kier alpha value is -0.380. The van der Waals surface area contributed by atoms with E-state index >= 15 is 0 Å². The Labute approximate surface area is 103 Å². The van der Waals surface area contributed by atoms with Crippen LogP contribution in [-0.2, 0) is 6.42 Å². The first kappa shape index (κ1) is 11.7. The zero-order valence-electron chi connectivity index (χ0n) is 8.76. The lowest BCUT2D eigenvalue weighted by molar-refractivity contribution is -0.525. The van der Waals surface area contributed by atoms with Gasteiger partial charge in [0.05, 0.1) is 0 Å². The molecule has 1 aliphatic rings. The summed E-state index contributed by atoms with van der Waals surface area (Å²) in [6.45, 7) is 6.75. The molecule has 2 heteroatoms. The van der Waals surface area contributed by atoms with Crippen molar-refractivity contribution in [1.29, 1.82) is 0 Å². The summed E-state index contributed by atoms with van der Waals surface area (Å²) in [5.74, 6) is 0. The fourth-order valence-electron chi connectivity index (χ4n) is 2.08. The molecule has 0 bridgehead atoms. The highest BCUT2D eigenvalue weighted by Crippen LogP contribution is 2.14. The van der Waals surface area contributed by atoms with Crippen molar-refractivity contribution in [1.82, 2.24) is 0 Å². The molecule has 0 aliphatic carbocycles. The highest BCUT2D eigenvalue weighted by Gasteiger charge is 2.19. The number of hydrogen-bond donors (Lipinski definition) is 0. The van der Waals surface area contributed by atoms with Crippen LogP contribution in [0.25, 0.3) is 0 Å². The highest BCUT2D eigenvalue weighted by atomic mass is 127. The molecule has 1 aliphatic heterocycles. The van der Waals surface area contributed by atoms with E-state index in [1.807, 2.05) is 0 Å². The lowest BCUT2D eigenvalue weighted by Crippen LogP contribution is -3.00. The minimum atomic E-state index is 0. The third-order valence-corrected chi connectivity index (χ3v) is 2.91. The van der Waals surface area contributed by atoms with Crippen LogP contribution >= 0.6 is 0 Å². The van der Waals surface area contributed by atoms with Crippen LogP contribution in [0.3, 0.4) is 0 Å². The van der Waals surface area contributed by atoms with Crippen LogP contribution in [0.4, 0.5) is 0 Å². The molecule has 14 heavy (non-hydrogen) atoms. The number of rotatable bonds is 1. The smallest absolute Gasteiger partial charge is 0.180 e. The van der Waals surface area contributed by atoms with Crippen molar-refractivity contribution < 1.29 is 28.6 Å². The van der Waals surface area contributed by atoms with Crippen molar-refractivity contribution in [3.8, 4) is 0 Å². The lowest BCUT2D eigenvalue weighted by Gasteiger charge is -2.15. The summed E-state index contributed by atoms with van der Waals surface area (Å²) in [6, 6.07) is 8.73. The SMILES string of the molecule is CC[N+]1=C(C)c2ccccc2CC1.[I-]. The van der Waals surface area contributed by atoms with Crippen molar-refractivity contribution in [3.05, 3.63) is 35.4 Å². The maximum atomic E-state index is 2.45. The Kier molecular flexibility index (Phi) is 4.11. The van der Waals surface area contributed by atoms with Crippen LogP contribution in [-0.4, -0.2) is 23.4 Å². The van der Waals surface area contributed by atoms with Gasteiger partial charge in [-0.05, 0) is 18.6 Å². The molecule has 1 nitrogen and oxygen atoms in total. The van der Waals surface area contributed by atoms with Crippen LogP contribution in [0.5, 0.6) is 0 Å². The normalized spacial score (nSPS) is 14.7. The van der Waals surface area contributed by atoms with E-state index in [-0.39, 0.29) is 24.0 Å². The van der Waals surface area contributed by atoms with E-state index in [4.69, 9.17) is 0 Å². The number of hydrogen-bond acceptors (Lipinski definition) is 0. The van der Waals surface area contributed by atoms with Gasteiger partial charge in [0, 0.05) is 18.9 Å². The summed E-state index contributed by atoms with van der Waals surface area (Å²) in [5, 5.41) is 0. The summed E-state index contributed by atoms with van der Waals surface area (Å²) in [4.78, 5) is 0. The minimum Gasteiger partial charge on any atom is -1.00 e. The van der Waals surface area contributed by atoms with E-state index in [1.165, 1.54) is 29.8 Å². The van der Waals surface area contributed by atoms with Crippen molar-refractivity contribution in [2.75, 3.05) is 13.1 Å². The van der Waals surface area contributed by atoms with Gasteiger partial charge in [-0.1, -0.05) is 18.2 Å². The van der Waals surface area contributed by atoms with Crippen LogP contribution in [0.2, 0.25) is 0 Å². The third kappa shape index (κ3) is 2.00. The molecular formula is C12H16IN. The third-order valence-electron chi connectivity index (χ3n) is 2.91. The Balaban J connectivity index is 0.000000980. The second-order valence-electron chi connectivity index (χ2n) is 3.57. The zero-order valence-corrected chi connectivity index (χ0v) is 10.9. The Bertz CT molecular complexity index is 355. The number of benzene rings is 1. The minimum absolute atomic E-state index is 0. The quantitative estimate of drug-likeness (QED) is 0.467. The van der Waals surface area contributed by atoms with Crippen molar-refractivity contribution in [2.45, 2.75) is 20.3 Å². The van der Waals surface area contributed by atoms with Crippen molar-refractivity contribution in [2.24, 2.45) is 0 Å². The molecule has 1 aromatic rings. The second kappa shape index (κ2) is 4.91. The number of likely N-dealkylation sites (N-methyl/N-ethyl adjacent to an activating group) is 1. The van der Waals surface area contributed by atoms with Crippen LogP contribution in [0.1, 0.15) is 25.0 Å². The average molecular weight is 301 g/mol. The number of halogens is 1. The van der Waals surface area contributed by atoms with Gasteiger partial charge in [-0.15, -0.1) is 0 Å². The van der Waals surface area contributed by atoms with E-state index in [0.29, 0.717) is 0 Å². The molecule has 0 aromatic heterocycles. The lowest BCUT2D eigenvalue weighted by atomic mass is 9.98. The van der Waals surface area contributed by atoms with Gasteiger partial charge in [0.1, 0.15) is 13.1 Å². The first-order valence-corrected chi connectivity index (χ1v) is 4.99.